The predicted octanol–water partition coefficient (Wildman–Crippen LogP) is -2.82. The molecule has 4 heteroatoms. The zero-order chi connectivity index (χ0) is 9.94. The summed E-state index contributed by atoms with van der Waals surface area (Å²) in [6.07, 6.45) is 3.65. The molecule has 0 aliphatic heterocycles. The number of hydrogen-bond donors (Lipinski definition) is 3. The number of nitrogens with zero attached hydrogens (tertiary/aromatic N) is 1. The Kier molecular flexibility index (Phi) is 9.80. The summed E-state index contributed by atoms with van der Waals surface area (Å²) in [5.74, 6) is 0. The summed E-state index contributed by atoms with van der Waals surface area (Å²) in [7, 11) is 0. The second kappa shape index (κ2) is 9.92. The fourth-order valence-corrected chi connectivity index (χ4v) is 1.34. The Morgan fingerprint density at radius 2 is 0.923 bits per heavy atom. The van der Waals surface area contributed by atoms with Gasteiger partial charge in [-0.25, -0.2) is 0 Å². The Bertz CT molecular complexity index is 78.6. The molecule has 0 amide bonds. The van der Waals surface area contributed by atoms with Crippen LogP contribution in [-0.4, -0.2) is 44.2 Å². The molecule has 0 fully saturated rings. The third-order valence-electron chi connectivity index (χ3n) is 2.17. The molecule has 0 aliphatic rings. The van der Waals surface area contributed by atoms with E-state index in [2.05, 4.69) is 22.1 Å². The van der Waals surface area contributed by atoms with Crippen LogP contribution in [0.3, 0.4) is 0 Å². The molecule has 0 spiro atoms. The fraction of sp³-hybridized carbons (Fsp3) is 1.00. The van der Waals surface area contributed by atoms with Crippen LogP contribution in [0.25, 0.3) is 0 Å². The van der Waals surface area contributed by atoms with Gasteiger partial charge in [0.1, 0.15) is 0 Å². The van der Waals surface area contributed by atoms with Gasteiger partial charge >= 0.3 is 0 Å². The highest BCUT2D eigenvalue weighted by atomic mass is 15.1. The van der Waals surface area contributed by atoms with Crippen molar-refractivity contribution in [2.24, 2.45) is 0 Å². The van der Waals surface area contributed by atoms with Crippen LogP contribution in [0.5, 0.6) is 0 Å². The minimum atomic E-state index is 1.05. The van der Waals surface area contributed by atoms with E-state index in [0.717, 1.165) is 19.6 Å². The Labute approximate surface area is 81.4 Å². The molecule has 0 unspecified atom stereocenters. The van der Waals surface area contributed by atoms with Crippen molar-refractivity contribution in [2.75, 3.05) is 39.3 Å². The molecule has 9 N–H and O–H groups in total. The van der Waals surface area contributed by atoms with E-state index in [4.69, 9.17) is 0 Å². The molecule has 0 atom stereocenters. The molecule has 0 aliphatic carbocycles. The number of rotatable bonds is 9. The van der Waals surface area contributed by atoms with E-state index in [1.165, 1.54) is 38.9 Å². The lowest BCUT2D eigenvalue weighted by atomic mass is 10.3. The Hall–Kier alpha value is -0.160. The lowest BCUT2D eigenvalue weighted by Crippen LogP contribution is -2.53. The minimum Gasteiger partial charge on any atom is -0.358 e. The second-order valence-corrected chi connectivity index (χ2v) is 3.46. The maximum Gasteiger partial charge on any atom is 0.0752 e. The van der Waals surface area contributed by atoms with Gasteiger partial charge in [-0.1, -0.05) is 0 Å². The summed E-state index contributed by atoms with van der Waals surface area (Å²) in [6.45, 7) is 6.73. The first kappa shape index (κ1) is 12.8. The van der Waals surface area contributed by atoms with Gasteiger partial charge in [-0.2, -0.15) is 0 Å². The van der Waals surface area contributed by atoms with Gasteiger partial charge in [0.2, 0.25) is 0 Å². The van der Waals surface area contributed by atoms with Crippen molar-refractivity contribution in [3.8, 4) is 0 Å². The summed E-state index contributed by atoms with van der Waals surface area (Å²) in [6, 6.07) is 0. The molecule has 13 heavy (non-hydrogen) atoms. The third-order valence-corrected chi connectivity index (χ3v) is 2.17. The molecule has 0 bridgehead atoms. The Balaban J connectivity index is 3.47. The van der Waals surface area contributed by atoms with Crippen molar-refractivity contribution >= 4 is 0 Å². The third kappa shape index (κ3) is 8.18. The lowest BCUT2D eigenvalue weighted by molar-refractivity contribution is -0.370. The van der Waals surface area contributed by atoms with Crippen LogP contribution in [0, 0.1) is 0 Å². The summed E-state index contributed by atoms with van der Waals surface area (Å²) in [5.41, 5.74) is 11.6. The van der Waals surface area contributed by atoms with Crippen LogP contribution in [0.2, 0.25) is 0 Å². The molecule has 0 aromatic heterocycles. The normalized spacial score (nSPS) is 11.1. The Morgan fingerprint density at radius 1 is 0.615 bits per heavy atom. The first-order valence-corrected chi connectivity index (χ1v) is 5.45. The van der Waals surface area contributed by atoms with E-state index in [1.54, 1.807) is 0 Å². The van der Waals surface area contributed by atoms with Crippen molar-refractivity contribution in [1.29, 1.82) is 0 Å². The first-order valence-electron chi connectivity index (χ1n) is 5.45. The highest BCUT2D eigenvalue weighted by molar-refractivity contribution is 4.56. The highest BCUT2D eigenvalue weighted by Gasteiger charge is 2.03. The van der Waals surface area contributed by atoms with E-state index in [9.17, 15) is 0 Å². The highest BCUT2D eigenvalue weighted by Crippen LogP contribution is 1.94. The number of quaternary nitrogens is 3. The van der Waals surface area contributed by atoms with Crippen molar-refractivity contribution in [2.45, 2.75) is 19.3 Å². The van der Waals surface area contributed by atoms with Crippen molar-refractivity contribution in [3.05, 3.63) is 0 Å². The van der Waals surface area contributed by atoms with Gasteiger partial charge in [-0.3, -0.25) is 0 Å². The quantitative estimate of drug-likeness (QED) is 0.361. The maximum absolute atomic E-state index is 3.87. The number of hydrogen-bond acceptors (Lipinski definition) is 1. The van der Waals surface area contributed by atoms with E-state index in [-0.39, 0.29) is 0 Å². The molecular formula is C9H27N4+3. The molecule has 0 heterocycles. The zero-order valence-corrected chi connectivity index (χ0v) is 8.93. The van der Waals surface area contributed by atoms with Gasteiger partial charge in [-0.05, 0) is 0 Å². The van der Waals surface area contributed by atoms with Crippen LogP contribution in [0.1, 0.15) is 19.3 Å². The van der Waals surface area contributed by atoms with Crippen LogP contribution in [-0.2, 0) is 0 Å². The van der Waals surface area contributed by atoms with Gasteiger partial charge in [0.15, 0.2) is 0 Å². The average Bonchev–Trinajstić information content (AvgIpc) is 2.17. The van der Waals surface area contributed by atoms with E-state index in [1.807, 2.05) is 0 Å². The lowest BCUT2D eigenvalue weighted by Gasteiger charge is -2.19. The molecule has 0 saturated carbocycles. The topological polar surface area (TPSA) is 86.2 Å². The molecule has 80 valence electrons. The average molecular weight is 191 g/mol. The monoisotopic (exact) mass is 191 g/mol. The van der Waals surface area contributed by atoms with Gasteiger partial charge in [-0.15, -0.1) is 0 Å². The summed E-state index contributed by atoms with van der Waals surface area (Å²) in [4.78, 5) is 2.52. The summed E-state index contributed by atoms with van der Waals surface area (Å²) < 4.78 is 0. The van der Waals surface area contributed by atoms with Crippen LogP contribution in [0.15, 0.2) is 0 Å². The Morgan fingerprint density at radius 3 is 1.15 bits per heavy atom. The fourth-order valence-electron chi connectivity index (χ4n) is 1.34. The maximum atomic E-state index is 3.87. The van der Waals surface area contributed by atoms with Crippen LogP contribution in [0.4, 0.5) is 0 Å². The zero-order valence-electron chi connectivity index (χ0n) is 8.93. The van der Waals surface area contributed by atoms with Crippen molar-refractivity contribution in [3.63, 3.8) is 0 Å². The van der Waals surface area contributed by atoms with E-state index < -0.39 is 0 Å². The molecule has 0 aromatic rings. The second-order valence-electron chi connectivity index (χ2n) is 3.46. The van der Waals surface area contributed by atoms with Gasteiger partial charge in [0, 0.05) is 38.9 Å². The molecule has 4 nitrogen and oxygen atoms in total. The van der Waals surface area contributed by atoms with Crippen molar-refractivity contribution < 1.29 is 17.2 Å². The van der Waals surface area contributed by atoms with E-state index in [0.29, 0.717) is 0 Å². The van der Waals surface area contributed by atoms with Gasteiger partial charge < -0.3 is 22.1 Å². The summed E-state index contributed by atoms with van der Waals surface area (Å²) in [5, 5.41) is 0. The molecule has 0 radical (unpaired) electrons. The first-order chi connectivity index (χ1) is 6.35. The van der Waals surface area contributed by atoms with Crippen molar-refractivity contribution in [1.82, 2.24) is 4.90 Å². The van der Waals surface area contributed by atoms with Crippen LogP contribution >= 0.6 is 0 Å². The molecule has 0 rings (SSSR count). The summed E-state index contributed by atoms with van der Waals surface area (Å²) >= 11 is 0. The standard InChI is InChI=1S/C9H24N4/c10-4-1-7-13(8-2-5-11)9-3-6-12/h1-12H2/p+3. The van der Waals surface area contributed by atoms with E-state index >= 15 is 0 Å². The molecular weight excluding hydrogens is 164 g/mol. The van der Waals surface area contributed by atoms with Gasteiger partial charge in [0.05, 0.1) is 19.6 Å². The largest absolute Gasteiger partial charge is 0.358 e. The predicted molar refractivity (Wildman–Crippen MR) is 53.6 cm³/mol. The molecule has 0 aromatic carbocycles. The minimum absolute atomic E-state index is 1.05. The van der Waals surface area contributed by atoms with Crippen LogP contribution < -0.4 is 17.2 Å². The SMILES string of the molecule is [NH3+]CCCN(CCC[NH3+])CCC[NH3+]. The van der Waals surface area contributed by atoms with Gasteiger partial charge in [0.25, 0.3) is 0 Å². The molecule has 0 saturated heterocycles. The smallest absolute Gasteiger partial charge is 0.0752 e.